The first-order chi connectivity index (χ1) is 26.4. The first-order valence-electron chi connectivity index (χ1n) is 19.0. The number of benzene rings is 2. The number of nitrogens with two attached hydrogens (primary N) is 2. The normalized spacial score (nSPS) is 20.6. The Morgan fingerprint density at radius 2 is 1.61 bits per heavy atom. The van der Waals surface area contributed by atoms with Gasteiger partial charge in [0.1, 0.15) is 22.9 Å². The topological polar surface area (TPSA) is 184 Å². The Bertz CT molecular complexity index is 1880. The minimum absolute atomic E-state index is 0.211. The molecule has 2 aromatic carbocycles. The second-order valence-corrected chi connectivity index (χ2v) is 14.9. The third-order valence-corrected chi connectivity index (χ3v) is 11.4. The van der Waals surface area contributed by atoms with Gasteiger partial charge in [-0.3, -0.25) is 14.4 Å². The highest BCUT2D eigenvalue weighted by molar-refractivity contribution is 7.99. The Kier molecular flexibility index (Phi) is 14.0. The van der Waals surface area contributed by atoms with Gasteiger partial charge in [0.25, 0.3) is 0 Å². The summed E-state index contributed by atoms with van der Waals surface area (Å²) in [6.45, 7) is 4.27. The van der Waals surface area contributed by atoms with Crippen molar-refractivity contribution in [2.45, 2.75) is 79.7 Å². The lowest BCUT2D eigenvalue weighted by atomic mass is 10.0. The molecule has 8 N–H and O–H groups in total. The molecule has 14 heteroatoms. The number of rotatable bonds is 10. The van der Waals surface area contributed by atoms with Crippen LogP contribution in [0.2, 0.25) is 0 Å². The fourth-order valence-corrected chi connectivity index (χ4v) is 8.06. The van der Waals surface area contributed by atoms with Gasteiger partial charge in [-0.1, -0.05) is 54.2 Å². The molecule has 0 saturated carbocycles. The number of nitrogens with zero attached hydrogens (tertiary/aromatic N) is 3. The minimum Gasteiger partial charge on any atom is -0.378 e. The van der Waals surface area contributed by atoms with Crippen LogP contribution in [0.4, 0.5) is 5.82 Å². The van der Waals surface area contributed by atoms with Gasteiger partial charge in [0.15, 0.2) is 0 Å². The first-order valence-corrected chi connectivity index (χ1v) is 19.8. The van der Waals surface area contributed by atoms with Crippen LogP contribution in [0, 0.1) is 0 Å². The maximum Gasteiger partial charge on any atom is 0.245 e. The van der Waals surface area contributed by atoms with Crippen molar-refractivity contribution < 1.29 is 19.1 Å². The van der Waals surface area contributed by atoms with Gasteiger partial charge >= 0.3 is 0 Å². The molecule has 2 aliphatic heterocycles. The number of para-hydroxylation sites is 1. The predicted molar refractivity (Wildman–Crippen MR) is 212 cm³/mol. The number of fused-ring (bicyclic) bond motifs is 3. The van der Waals surface area contributed by atoms with Gasteiger partial charge in [0.05, 0.1) is 19.3 Å². The van der Waals surface area contributed by atoms with E-state index in [0.717, 1.165) is 56.4 Å². The third-order valence-electron chi connectivity index (χ3n) is 10.2. The zero-order chi connectivity index (χ0) is 37.9. The predicted octanol–water partition coefficient (Wildman–Crippen LogP) is 3.06. The average molecular weight is 756 g/mol. The smallest absolute Gasteiger partial charge is 0.245 e. The minimum atomic E-state index is -0.870. The van der Waals surface area contributed by atoms with Gasteiger partial charge in [-0.15, -0.1) is 0 Å². The van der Waals surface area contributed by atoms with Gasteiger partial charge in [0, 0.05) is 67.2 Å². The van der Waals surface area contributed by atoms with Gasteiger partial charge in [-0.2, -0.15) is 0 Å². The fraction of sp³-hybridized carbons (Fsp3) is 0.450. The van der Waals surface area contributed by atoms with Crippen molar-refractivity contribution in [3.05, 3.63) is 83.6 Å². The van der Waals surface area contributed by atoms with Gasteiger partial charge in [-0.25, -0.2) is 4.98 Å². The summed E-state index contributed by atoms with van der Waals surface area (Å²) >= 11 is 1.54. The quantitative estimate of drug-likeness (QED) is 0.132. The largest absolute Gasteiger partial charge is 0.378 e. The Hall–Kier alpha value is -4.47. The van der Waals surface area contributed by atoms with Gasteiger partial charge in [-0.05, 0) is 74.5 Å². The molecule has 0 spiro atoms. The highest BCUT2D eigenvalue weighted by atomic mass is 32.2. The van der Waals surface area contributed by atoms with E-state index in [4.69, 9.17) is 21.2 Å². The zero-order valence-electron chi connectivity index (χ0n) is 31.0. The second-order valence-electron chi connectivity index (χ2n) is 13.9. The number of likely N-dealkylation sites (N-methyl/N-ethyl adjacent to an activating group) is 1. The molecule has 6 rings (SSSR count). The lowest BCUT2D eigenvalue weighted by Crippen LogP contribution is -2.57. The number of anilines is 1. The molecule has 1 saturated heterocycles. The van der Waals surface area contributed by atoms with Crippen LogP contribution < -0.4 is 32.3 Å². The first kappa shape index (κ1) is 39.2. The molecule has 13 nitrogen and oxygen atoms in total. The Balaban J connectivity index is 1.40. The van der Waals surface area contributed by atoms with Crippen LogP contribution in [0.15, 0.2) is 76.8 Å². The zero-order valence-corrected chi connectivity index (χ0v) is 31.8. The van der Waals surface area contributed by atoms with Crippen LogP contribution in [-0.2, 0) is 38.6 Å². The molecule has 0 aliphatic carbocycles. The highest BCUT2D eigenvalue weighted by Gasteiger charge is 2.34. The van der Waals surface area contributed by atoms with E-state index in [0.29, 0.717) is 65.0 Å². The number of pyridine rings is 1. The van der Waals surface area contributed by atoms with Crippen molar-refractivity contribution in [3.63, 3.8) is 0 Å². The van der Waals surface area contributed by atoms with Crippen LogP contribution in [0.25, 0.3) is 10.9 Å². The van der Waals surface area contributed by atoms with Crippen molar-refractivity contribution in [1.29, 1.82) is 0 Å². The summed E-state index contributed by atoms with van der Waals surface area (Å²) in [7, 11) is 1.65. The molecule has 4 heterocycles. The molecule has 2 aliphatic rings. The number of amides is 3. The van der Waals surface area contributed by atoms with Crippen LogP contribution in [0.3, 0.4) is 0 Å². The SMILES string of the molecule is CN1C(=O)[C@H](CCCCN)NC(=O)C(CCCN)NCc2ccccc2Sc2nc(N3CCOCC3)ccc2CNC(=O)[C@@H]1Cc1c[nH]c2ccccc12. The van der Waals surface area contributed by atoms with Crippen LogP contribution >= 0.6 is 11.8 Å². The number of hydrogen-bond acceptors (Lipinski definition) is 10. The van der Waals surface area contributed by atoms with Crippen molar-refractivity contribution >= 4 is 46.2 Å². The van der Waals surface area contributed by atoms with E-state index in [1.807, 2.05) is 60.8 Å². The van der Waals surface area contributed by atoms with E-state index in [-0.39, 0.29) is 30.7 Å². The third kappa shape index (κ3) is 9.79. The number of ether oxygens (including phenoxy) is 1. The monoisotopic (exact) mass is 755 g/mol. The molecule has 1 unspecified atom stereocenters. The van der Waals surface area contributed by atoms with Crippen molar-refractivity contribution in [2.24, 2.45) is 11.5 Å². The molecule has 288 valence electrons. The molecule has 0 radical (unpaired) electrons. The number of H-pyrrole nitrogens is 1. The molecule has 1 fully saturated rings. The Morgan fingerprint density at radius 3 is 2.43 bits per heavy atom. The molecular weight excluding hydrogens is 703 g/mol. The lowest BCUT2D eigenvalue weighted by molar-refractivity contribution is -0.142. The highest BCUT2D eigenvalue weighted by Crippen LogP contribution is 2.34. The molecule has 3 amide bonds. The van der Waals surface area contributed by atoms with Crippen molar-refractivity contribution in [2.75, 3.05) is 51.3 Å². The number of hydrogen-bond donors (Lipinski definition) is 6. The maximum atomic E-state index is 14.5. The van der Waals surface area contributed by atoms with E-state index in [2.05, 4.69) is 31.9 Å². The summed E-state index contributed by atoms with van der Waals surface area (Å²) in [6.07, 6.45) is 5.02. The fourth-order valence-electron chi connectivity index (χ4n) is 7.02. The number of aromatic nitrogens is 2. The molecule has 2 aromatic heterocycles. The number of carbonyl (C=O) groups is 3. The van der Waals surface area contributed by atoms with Gasteiger partial charge < -0.3 is 46.9 Å². The van der Waals surface area contributed by atoms with Crippen LogP contribution in [0.5, 0.6) is 0 Å². The standard InChI is InChI=1S/C40H53N9O4S/c1-48-34(23-29-26-43-31-11-4-3-10-30(29)31)38(51)45-25-28-15-16-36(49-19-21-53-22-20-49)47-39(28)54-35-14-5-2-9-27(35)24-44-32(13-8-18-42)37(50)46-33(40(48)52)12-6-7-17-41/h2-5,9-11,14-16,26,32-34,43-44H,6-8,12-13,17-25,41-42H2,1H3,(H,45,51)(H,46,50)/t32?,33-,34-/m0/s1. The second kappa shape index (κ2) is 19.2. The number of carbonyl (C=O) groups excluding carboxylic acids is 3. The van der Waals surface area contributed by atoms with E-state index >= 15 is 0 Å². The van der Waals surface area contributed by atoms with Gasteiger partial charge in [0.2, 0.25) is 17.7 Å². The Morgan fingerprint density at radius 1 is 0.852 bits per heavy atom. The average Bonchev–Trinajstić information content (AvgIpc) is 3.61. The number of unbranched alkanes of at least 4 members (excludes halogenated alkanes) is 1. The van der Waals surface area contributed by atoms with E-state index in [1.165, 1.54) is 16.7 Å². The lowest BCUT2D eigenvalue weighted by Gasteiger charge is -2.32. The summed E-state index contributed by atoms with van der Waals surface area (Å²) in [5, 5.41) is 11.5. The summed E-state index contributed by atoms with van der Waals surface area (Å²) in [5.74, 6) is -0.0692. The molecule has 4 aromatic rings. The molecular formula is C40H53N9O4S. The molecule has 54 heavy (non-hydrogen) atoms. The number of aromatic amines is 1. The van der Waals surface area contributed by atoms with Crippen molar-refractivity contribution in [1.82, 2.24) is 30.8 Å². The summed E-state index contributed by atoms with van der Waals surface area (Å²) < 4.78 is 5.59. The van der Waals surface area contributed by atoms with E-state index in [9.17, 15) is 14.4 Å². The van der Waals surface area contributed by atoms with Crippen LogP contribution in [-0.4, -0.2) is 97.2 Å². The molecule has 0 bridgehead atoms. The van der Waals surface area contributed by atoms with E-state index in [1.54, 1.807) is 7.05 Å². The van der Waals surface area contributed by atoms with Crippen LogP contribution in [0.1, 0.15) is 48.8 Å². The summed E-state index contributed by atoms with van der Waals surface area (Å²) in [4.78, 5) is 56.1. The number of nitrogens with one attached hydrogen (secondary N) is 4. The summed E-state index contributed by atoms with van der Waals surface area (Å²) in [6, 6.07) is 17.7. The number of morpholine rings is 1. The van der Waals surface area contributed by atoms with E-state index < -0.39 is 18.1 Å². The molecule has 3 atom stereocenters. The summed E-state index contributed by atoms with van der Waals surface area (Å²) in [5.41, 5.74) is 15.5. The maximum absolute atomic E-state index is 14.5. The van der Waals surface area contributed by atoms with Crippen molar-refractivity contribution in [3.8, 4) is 0 Å². The Labute approximate surface area is 321 Å².